The summed E-state index contributed by atoms with van der Waals surface area (Å²) in [6, 6.07) is 136. The van der Waals surface area contributed by atoms with E-state index in [0.29, 0.717) is 0 Å². The summed E-state index contributed by atoms with van der Waals surface area (Å²) in [5.74, 6) is 1.47. The van der Waals surface area contributed by atoms with Crippen molar-refractivity contribution in [2.75, 3.05) is 9.80 Å². The number of furan rings is 2. The third-order valence-electron chi connectivity index (χ3n) is 23.8. The molecule has 0 radical (unpaired) electrons. The summed E-state index contributed by atoms with van der Waals surface area (Å²) in [4.78, 5) is 4.72. The first kappa shape index (κ1) is 64.5. The molecule has 0 fully saturated rings. The first-order valence-corrected chi connectivity index (χ1v) is 39.3. The highest BCUT2D eigenvalue weighted by Crippen LogP contribution is 2.51. The lowest BCUT2D eigenvalue weighted by molar-refractivity contribution is 0.484. The molecule has 540 valence electrons. The third-order valence-corrected chi connectivity index (χ3v) is 23.8. The summed E-state index contributed by atoms with van der Waals surface area (Å²) in [6.45, 7) is 4.31. The molecule has 9 nitrogen and oxygen atoms in total. The quantitative estimate of drug-likeness (QED) is 0.122. The molecule has 9 heteroatoms. The fraction of sp³-hybridized carbons (Fsp3) is 0.0189. The maximum Gasteiger partial charge on any atom is 0.159 e. The van der Waals surface area contributed by atoms with Gasteiger partial charge in [0.25, 0.3) is 0 Å². The van der Waals surface area contributed by atoms with Gasteiger partial charge in [-0.1, -0.05) is 194 Å². The van der Waals surface area contributed by atoms with E-state index in [2.05, 4.69) is 406 Å². The van der Waals surface area contributed by atoms with Crippen molar-refractivity contribution >= 4 is 187 Å². The van der Waals surface area contributed by atoms with E-state index in [9.17, 15) is 0 Å². The smallest absolute Gasteiger partial charge is 0.159 e. The average Bonchev–Trinajstić information content (AvgIpc) is 1.55. The predicted molar refractivity (Wildman–Crippen MR) is 479 cm³/mol. The highest BCUT2D eigenvalue weighted by atomic mass is 16.5. The van der Waals surface area contributed by atoms with Crippen molar-refractivity contribution in [3.05, 3.63) is 387 Å². The molecule has 0 saturated heterocycles. The molecular formula is C106H68N6O3. The maximum absolute atomic E-state index is 7.24. The van der Waals surface area contributed by atoms with Crippen molar-refractivity contribution < 1.29 is 13.6 Å². The number of aromatic nitrogens is 4. The van der Waals surface area contributed by atoms with Crippen LogP contribution in [0.5, 0.6) is 11.5 Å². The third kappa shape index (κ3) is 9.81. The Kier molecular flexibility index (Phi) is 14.1. The van der Waals surface area contributed by atoms with Crippen LogP contribution in [0.4, 0.5) is 34.1 Å². The molecule has 0 spiro atoms. The predicted octanol–water partition coefficient (Wildman–Crippen LogP) is 29.5. The molecule has 6 heterocycles. The molecule has 6 aromatic heterocycles. The summed E-state index contributed by atoms with van der Waals surface area (Å²) in [7, 11) is 0. The number of rotatable bonds is 12. The highest BCUT2D eigenvalue weighted by Gasteiger charge is 2.28. The zero-order valence-corrected chi connectivity index (χ0v) is 62.7. The van der Waals surface area contributed by atoms with Gasteiger partial charge in [-0.25, -0.2) is 0 Å². The van der Waals surface area contributed by atoms with Crippen molar-refractivity contribution in [3.8, 4) is 34.2 Å². The lowest BCUT2D eigenvalue weighted by Crippen LogP contribution is -2.10. The van der Waals surface area contributed by atoms with Crippen molar-refractivity contribution in [2.24, 2.45) is 0 Å². The molecule has 18 aromatic carbocycles. The van der Waals surface area contributed by atoms with Crippen LogP contribution in [0.15, 0.2) is 385 Å². The van der Waals surface area contributed by atoms with E-state index in [1.54, 1.807) is 0 Å². The van der Waals surface area contributed by atoms with Gasteiger partial charge in [0.2, 0.25) is 0 Å². The normalized spacial score (nSPS) is 12.1. The van der Waals surface area contributed by atoms with Crippen LogP contribution in [0.2, 0.25) is 0 Å². The summed E-state index contributed by atoms with van der Waals surface area (Å²) in [6.07, 6.45) is 0. The van der Waals surface area contributed by atoms with E-state index in [4.69, 9.17) is 13.6 Å². The van der Waals surface area contributed by atoms with Crippen LogP contribution in [0.3, 0.4) is 0 Å². The van der Waals surface area contributed by atoms with Gasteiger partial charge < -0.3 is 41.6 Å². The lowest BCUT2D eigenvalue weighted by atomic mass is 9.99. The monoisotopic (exact) mass is 1470 g/mol. The molecule has 0 N–H and O–H groups in total. The number of ether oxygens (including phenoxy) is 1. The minimum Gasteiger partial charge on any atom is -0.457 e. The van der Waals surface area contributed by atoms with Gasteiger partial charge in [0.1, 0.15) is 22.7 Å². The van der Waals surface area contributed by atoms with Crippen molar-refractivity contribution in [2.45, 2.75) is 13.8 Å². The first-order valence-electron chi connectivity index (χ1n) is 39.3. The number of aryl methyl sites for hydroxylation is 2. The minimum atomic E-state index is 0.735. The number of hydrogen-bond donors (Lipinski definition) is 0. The largest absolute Gasteiger partial charge is 0.457 e. The van der Waals surface area contributed by atoms with Crippen LogP contribution < -0.4 is 14.5 Å². The molecule has 0 atom stereocenters. The molecule has 115 heavy (non-hydrogen) atoms. The van der Waals surface area contributed by atoms with Crippen LogP contribution in [0.25, 0.3) is 175 Å². The molecule has 24 aromatic rings. The second-order valence-corrected chi connectivity index (χ2v) is 30.4. The Hall–Kier alpha value is -15.3. The molecule has 0 aliphatic carbocycles. The molecular weight excluding hydrogens is 1410 g/mol. The van der Waals surface area contributed by atoms with Crippen LogP contribution in [-0.4, -0.2) is 18.3 Å². The molecule has 0 aliphatic heterocycles. The molecule has 0 unspecified atom stereocenters. The molecule has 0 saturated carbocycles. The van der Waals surface area contributed by atoms with Gasteiger partial charge in [0.15, 0.2) is 11.2 Å². The van der Waals surface area contributed by atoms with Gasteiger partial charge in [-0.3, -0.25) is 0 Å². The zero-order chi connectivity index (χ0) is 75.7. The summed E-state index contributed by atoms with van der Waals surface area (Å²) >= 11 is 0. The van der Waals surface area contributed by atoms with Crippen LogP contribution in [-0.2, 0) is 0 Å². The highest BCUT2D eigenvalue weighted by molar-refractivity contribution is 6.32. The lowest BCUT2D eigenvalue weighted by Gasteiger charge is -2.26. The molecule has 0 amide bonds. The van der Waals surface area contributed by atoms with Crippen LogP contribution in [0.1, 0.15) is 11.1 Å². The van der Waals surface area contributed by atoms with Gasteiger partial charge in [-0.2, -0.15) is 0 Å². The number of fused-ring (bicyclic) bond motifs is 24. The summed E-state index contributed by atoms with van der Waals surface area (Å²) in [5, 5.41) is 18.4. The Labute approximate surface area is 659 Å². The number of benzene rings is 18. The van der Waals surface area contributed by atoms with Crippen LogP contribution in [0, 0.1) is 13.8 Å². The number of anilines is 6. The van der Waals surface area contributed by atoms with Crippen molar-refractivity contribution in [1.82, 2.24) is 18.3 Å². The SMILES string of the molecule is Cc1cccc(N(c2ccc3c4c5ccc6c(c5ccc4n(-c4ccccc4)c3c2)c2ccc(Oc3ccc4c5c7ccc8c(c7ccc5n(-c5ccccc5)c4c3)c3ccc(N(c4cccc(C)c4)c4cccc5c4oc4ccccc45)cc3n8-c3ccccc3)cc2n6-c2ccccc2)c2cccc3c2oc2ccccc23)c1. The standard InChI is InChI=1S/C106H68N6O3/c1-65-23-19-33-71(59-65)107(93-39-21-37-83-77-35-15-17-41-99(77)114-105(83)93)73-43-47-85-95(61-73)109(67-25-7-3-8-26-67)89-55-51-81-79(101(85)89)53-57-91-103(81)87-49-45-75(63-97(87)111(91)69-29-11-5-12-30-69)113-76-46-50-88-98(64-76)112(70-31-13-6-14-32-70)92-58-54-80-82(104(88)92)52-56-90-102(80)86-48-44-74(62-96(86)110(90)68-27-9-4-10-28-68)108(72-34-20-24-66(2)60-72)94-40-22-38-84-78-36-16-18-42-100(78)115-106(84)94/h3-64H,1-2H3. The Balaban J connectivity index is 0.655. The van der Waals surface area contributed by atoms with E-state index in [1.165, 1.54) is 54.2 Å². The second-order valence-electron chi connectivity index (χ2n) is 30.4. The Morgan fingerprint density at radius 2 is 0.513 bits per heavy atom. The zero-order valence-electron chi connectivity index (χ0n) is 62.7. The van der Waals surface area contributed by atoms with E-state index >= 15 is 0 Å². The number of para-hydroxylation sites is 8. The summed E-state index contributed by atoms with van der Waals surface area (Å²) in [5.41, 5.74) is 24.9. The average molecular weight is 1470 g/mol. The summed E-state index contributed by atoms with van der Waals surface area (Å²) < 4.78 is 30.5. The topological polar surface area (TPSA) is 61.7 Å². The second kappa shape index (κ2) is 25.1. The first-order chi connectivity index (χ1) is 56.9. The fourth-order valence-electron chi connectivity index (χ4n) is 19.0. The van der Waals surface area contributed by atoms with Gasteiger partial charge >= 0.3 is 0 Å². The van der Waals surface area contributed by atoms with Crippen LogP contribution >= 0.6 is 0 Å². The van der Waals surface area contributed by atoms with Crippen molar-refractivity contribution in [1.29, 1.82) is 0 Å². The van der Waals surface area contributed by atoms with Gasteiger partial charge in [0, 0.05) is 122 Å². The van der Waals surface area contributed by atoms with E-state index in [0.717, 1.165) is 178 Å². The Bertz CT molecular complexity index is 7690. The fourth-order valence-corrected chi connectivity index (χ4v) is 19.0. The van der Waals surface area contributed by atoms with E-state index < -0.39 is 0 Å². The molecule has 24 rings (SSSR count). The number of nitrogens with zero attached hydrogens (tertiary/aromatic N) is 6. The minimum absolute atomic E-state index is 0.735. The van der Waals surface area contributed by atoms with E-state index in [-0.39, 0.29) is 0 Å². The van der Waals surface area contributed by atoms with Gasteiger partial charge in [-0.15, -0.1) is 0 Å². The maximum atomic E-state index is 7.24. The number of hydrogen-bond acceptors (Lipinski definition) is 5. The van der Waals surface area contributed by atoms with Gasteiger partial charge in [0.05, 0.1) is 55.5 Å². The molecule has 0 bridgehead atoms. The van der Waals surface area contributed by atoms with Crippen molar-refractivity contribution in [3.63, 3.8) is 0 Å². The Morgan fingerprint density at radius 3 is 0.870 bits per heavy atom. The molecule has 0 aliphatic rings. The van der Waals surface area contributed by atoms with E-state index in [1.807, 2.05) is 12.1 Å². The van der Waals surface area contributed by atoms with Gasteiger partial charge in [-0.05, 0) is 216 Å². The Morgan fingerprint density at radius 1 is 0.217 bits per heavy atom.